The molecule has 0 aliphatic heterocycles. The highest BCUT2D eigenvalue weighted by Crippen LogP contribution is 2.48. The smallest absolute Gasteiger partial charge is 0.148 e. The molecule has 0 radical (unpaired) electrons. The van der Waals surface area contributed by atoms with Crippen LogP contribution in [0.3, 0.4) is 0 Å². The Morgan fingerprint density at radius 3 is 3.00 bits per heavy atom. The van der Waals surface area contributed by atoms with Crippen molar-refractivity contribution < 1.29 is 0 Å². The molecule has 3 rings (SSSR count). The first-order valence-corrected chi connectivity index (χ1v) is 5.93. The molecule has 2 aliphatic carbocycles. The first-order valence-electron chi connectivity index (χ1n) is 5.93. The molecule has 3 nitrogen and oxygen atoms in total. The summed E-state index contributed by atoms with van der Waals surface area (Å²) in [4.78, 5) is 0. The zero-order valence-electron chi connectivity index (χ0n) is 8.89. The highest BCUT2D eigenvalue weighted by Gasteiger charge is 2.38. The van der Waals surface area contributed by atoms with Gasteiger partial charge in [0.05, 0.1) is 0 Å². The predicted molar refractivity (Wildman–Crippen MR) is 59.5 cm³/mol. The summed E-state index contributed by atoms with van der Waals surface area (Å²) in [6.07, 6.45) is 7.55. The van der Waals surface area contributed by atoms with Crippen LogP contribution in [0.2, 0.25) is 0 Å². The maximum absolute atomic E-state index is 4.04. The molecule has 0 saturated heterocycles. The third-order valence-corrected chi connectivity index (χ3v) is 4.00. The Kier molecular flexibility index (Phi) is 2.31. The van der Waals surface area contributed by atoms with Gasteiger partial charge in [-0.2, -0.15) is 5.10 Å². The van der Waals surface area contributed by atoms with Crippen molar-refractivity contribution in [3.8, 4) is 0 Å². The van der Waals surface area contributed by atoms with Gasteiger partial charge in [0.1, 0.15) is 5.82 Å². The van der Waals surface area contributed by atoms with E-state index in [1.165, 1.54) is 25.7 Å². The van der Waals surface area contributed by atoms with E-state index in [4.69, 9.17) is 0 Å². The van der Waals surface area contributed by atoms with Crippen molar-refractivity contribution in [3.05, 3.63) is 18.3 Å². The van der Waals surface area contributed by atoms with E-state index in [0.29, 0.717) is 0 Å². The minimum atomic E-state index is 0.880. The highest BCUT2D eigenvalue weighted by atomic mass is 15.2. The van der Waals surface area contributed by atoms with E-state index in [2.05, 4.69) is 15.5 Å². The minimum absolute atomic E-state index is 0.880. The van der Waals surface area contributed by atoms with Crippen LogP contribution in [0.15, 0.2) is 18.3 Å². The van der Waals surface area contributed by atoms with Gasteiger partial charge in [-0.05, 0) is 49.1 Å². The summed E-state index contributed by atoms with van der Waals surface area (Å²) in [6.45, 7) is 1.08. The van der Waals surface area contributed by atoms with Crippen LogP contribution >= 0.6 is 0 Å². The molecule has 1 aromatic rings. The Labute approximate surface area is 90.3 Å². The standard InChI is InChI=1S/C12H17N3/c1-2-12(15-14-5-1)13-8-11-7-9-3-4-10(11)6-9/h1-2,5,9-11H,3-4,6-8H2,(H,13,15). The lowest BCUT2D eigenvalue weighted by Crippen LogP contribution is -2.20. The molecule has 0 amide bonds. The highest BCUT2D eigenvalue weighted by molar-refractivity contribution is 5.31. The van der Waals surface area contributed by atoms with Crippen molar-refractivity contribution in [3.63, 3.8) is 0 Å². The molecule has 2 saturated carbocycles. The maximum atomic E-state index is 4.04. The summed E-state index contributed by atoms with van der Waals surface area (Å²) in [5.41, 5.74) is 0. The first-order chi connectivity index (χ1) is 7.42. The van der Waals surface area contributed by atoms with Gasteiger partial charge in [-0.25, -0.2) is 0 Å². The van der Waals surface area contributed by atoms with Crippen molar-refractivity contribution >= 4 is 5.82 Å². The van der Waals surface area contributed by atoms with Crippen LogP contribution in [0, 0.1) is 17.8 Å². The third-order valence-electron chi connectivity index (χ3n) is 4.00. The molecule has 0 aromatic carbocycles. The number of aromatic nitrogens is 2. The van der Waals surface area contributed by atoms with E-state index in [9.17, 15) is 0 Å². The van der Waals surface area contributed by atoms with E-state index >= 15 is 0 Å². The average Bonchev–Trinajstić information content (AvgIpc) is 2.89. The molecule has 2 fully saturated rings. The monoisotopic (exact) mass is 203 g/mol. The number of nitrogens with one attached hydrogen (secondary N) is 1. The van der Waals surface area contributed by atoms with E-state index < -0.39 is 0 Å². The van der Waals surface area contributed by atoms with E-state index in [-0.39, 0.29) is 0 Å². The zero-order valence-corrected chi connectivity index (χ0v) is 8.89. The summed E-state index contributed by atoms with van der Waals surface area (Å²) in [5.74, 6) is 3.81. The van der Waals surface area contributed by atoms with Crippen LogP contribution in [-0.2, 0) is 0 Å². The fraction of sp³-hybridized carbons (Fsp3) is 0.667. The Bertz CT molecular complexity index is 325. The lowest BCUT2D eigenvalue weighted by atomic mass is 9.89. The van der Waals surface area contributed by atoms with Crippen molar-refractivity contribution in [2.45, 2.75) is 25.7 Å². The summed E-state index contributed by atoms with van der Waals surface area (Å²) >= 11 is 0. The molecule has 1 N–H and O–H groups in total. The number of fused-ring (bicyclic) bond motifs is 2. The van der Waals surface area contributed by atoms with Crippen LogP contribution in [0.25, 0.3) is 0 Å². The Morgan fingerprint density at radius 2 is 2.33 bits per heavy atom. The maximum Gasteiger partial charge on any atom is 0.148 e. The molecule has 80 valence electrons. The molecule has 3 heteroatoms. The van der Waals surface area contributed by atoms with E-state index in [1.54, 1.807) is 6.20 Å². The van der Waals surface area contributed by atoms with Gasteiger partial charge in [-0.3, -0.25) is 0 Å². The normalized spacial score (nSPS) is 33.2. The Morgan fingerprint density at radius 1 is 1.33 bits per heavy atom. The summed E-state index contributed by atoms with van der Waals surface area (Å²) in [5, 5.41) is 11.3. The van der Waals surface area contributed by atoms with E-state index in [1.807, 2.05) is 12.1 Å². The molecule has 2 aliphatic rings. The van der Waals surface area contributed by atoms with Gasteiger partial charge < -0.3 is 5.32 Å². The van der Waals surface area contributed by atoms with Gasteiger partial charge >= 0.3 is 0 Å². The van der Waals surface area contributed by atoms with Crippen LogP contribution in [0.4, 0.5) is 5.82 Å². The molecule has 3 atom stereocenters. The van der Waals surface area contributed by atoms with Crippen molar-refractivity contribution in [1.82, 2.24) is 10.2 Å². The lowest BCUT2D eigenvalue weighted by molar-refractivity contribution is 0.348. The molecular weight excluding hydrogens is 186 g/mol. The largest absolute Gasteiger partial charge is 0.368 e. The Balaban J connectivity index is 1.55. The van der Waals surface area contributed by atoms with Gasteiger partial charge in [-0.1, -0.05) is 6.42 Å². The topological polar surface area (TPSA) is 37.8 Å². The molecule has 1 aromatic heterocycles. The quantitative estimate of drug-likeness (QED) is 0.819. The molecule has 1 heterocycles. The zero-order chi connectivity index (χ0) is 10.1. The van der Waals surface area contributed by atoms with Gasteiger partial charge in [0, 0.05) is 12.7 Å². The molecular formula is C12H17N3. The number of nitrogens with zero attached hydrogens (tertiary/aromatic N) is 2. The number of hydrogen-bond acceptors (Lipinski definition) is 3. The summed E-state index contributed by atoms with van der Waals surface area (Å²) < 4.78 is 0. The van der Waals surface area contributed by atoms with E-state index in [0.717, 1.165) is 30.1 Å². The van der Waals surface area contributed by atoms with Crippen LogP contribution < -0.4 is 5.32 Å². The average molecular weight is 203 g/mol. The van der Waals surface area contributed by atoms with Crippen LogP contribution in [0.1, 0.15) is 25.7 Å². The van der Waals surface area contributed by atoms with Crippen LogP contribution in [-0.4, -0.2) is 16.7 Å². The van der Waals surface area contributed by atoms with Gasteiger partial charge in [0.15, 0.2) is 0 Å². The SMILES string of the molecule is c1cnnc(NCC2CC3CCC2C3)c1. The second kappa shape index (κ2) is 3.80. The lowest BCUT2D eigenvalue weighted by Gasteiger charge is -2.21. The second-order valence-electron chi connectivity index (χ2n) is 4.92. The van der Waals surface area contributed by atoms with Crippen molar-refractivity contribution in [2.75, 3.05) is 11.9 Å². The predicted octanol–water partition coefficient (Wildman–Crippen LogP) is 2.32. The minimum Gasteiger partial charge on any atom is -0.368 e. The number of hydrogen-bond donors (Lipinski definition) is 1. The van der Waals surface area contributed by atoms with Gasteiger partial charge in [-0.15, -0.1) is 5.10 Å². The van der Waals surface area contributed by atoms with Crippen molar-refractivity contribution in [1.29, 1.82) is 0 Å². The molecule has 0 spiro atoms. The van der Waals surface area contributed by atoms with Crippen LogP contribution in [0.5, 0.6) is 0 Å². The molecule has 2 bridgehead atoms. The second-order valence-corrected chi connectivity index (χ2v) is 4.92. The van der Waals surface area contributed by atoms with Gasteiger partial charge in [0.2, 0.25) is 0 Å². The summed E-state index contributed by atoms with van der Waals surface area (Å²) in [7, 11) is 0. The fourth-order valence-corrected chi connectivity index (χ4v) is 3.26. The molecule has 15 heavy (non-hydrogen) atoms. The number of anilines is 1. The fourth-order valence-electron chi connectivity index (χ4n) is 3.26. The third kappa shape index (κ3) is 1.83. The first kappa shape index (κ1) is 9.13. The number of rotatable bonds is 3. The Hall–Kier alpha value is -1.12. The van der Waals surface area contributed by atoms with Gasteiger partial charge in [0.25, 0.3) is 0 Å². The molecule has 3 unspecified atom stereocenters. The summed E-state index contributed by atoms with van der Waals surface area (Å²) in [6, 6.07) is 3.91. The van der Waals surface area contributed by atoms with Crippen molar-refractivity contribution in [2.24, 2.45) is 17.8 Å².